The van der Waals surface area contributed by atoms with Crippen molar-refractivity contribution in [2.45, 2.75) is 37.5 Å². The molecule has 0 atom stereocenters. The predicted molar refractivity (Wildman–Crippen MR) is 203 cm³/mol. The molecule has 1 spiro atoms. The number of para-hydroxylation sites is 1. The molecule has 0 aliphatic heterocycles. The summed E-state index contributed by atoms with van der Waals surface area (Å²) in [5, 5.41) is 11.8. The molecule has 6 aromatic carbocycles. The topological polar surface area (TPSA) is 75.6 Å². The normalized spacial score (nSPS) is 14.4. The Morgan fingerprint density at radius 1 is 0.490 bits per heavy atom. The highest BCUT2D eigenvalue weighted by Gasteiger charge is 2.43. The van der Waals surface area contributed by atoms with Gasteiger partial charge in [-0.2, -0.15) is 5.26 Å². The summed E-state index contributed by atoms with van der Waals surface area (Å²) in [6, 6.07) is 48.5. The molecule has 10 rings (SSSR count). The molecule has 5 nitrogen and oxygen atoms in total. The van der Waals surface area contributed by atoms with Gasteiger partial charge in [-0.15, -0.1) is 0 Å². The zero-order chi connectivity index (χ0) is 33.9. The molecule has 242 valence electrons. The van der Waals surface area contributed by atoms with E-state index in [0.717, 1.165) is 62.6 Å². The van der Waals surface area contributed by atoms with Crippen LogP contribution in [-0.2, 0) is 5.41 Å². The summed E-state index contributed by atoms with van der Waals surface area (Å²) in [6.45, 7) is 0. The van der Waals surface area contributed by atoms with Gasteiger partial charge in [-0.3, -0.25) is 0 Å². The number of benzene rings is 6. The lowest BCUT2D eigenvalue weighted by Crippen LogP contribution is -2.28. The van der Waals surface area contributed by atoms with Crippen LogP contribution in [-0.4, -0.2) is 15.0 Å². The van der Waals surface area contributed by atoms with Crippen molar-refractivity contribution in [2.24, 2.45) is 0 Å². The van der Waals surface area contributed by atoms with Crippen molar-refractivity contribution < 1.29 is 4.42 Å². The third-order valence-corrected chi connectivity index (χ3v) is 11.0. The Balaban J connectivity index is 1.05. The number of aromatic nitrogens is 3. The predicted octanol–water partition coefficient (Wildman–Crippen LogP) is 11.5. The number of hydrogen-bond acceptors (Lipinski definition) is 5. The molecule has 5 heteroatoms. The van der Waals surface area contributed by atoms with Gasteiger partial charge in [-0.25, -0.2) is 15.0 Å². The molecule has 0 bridgehead atoms. The maximum atomic E-state index is 9.66. The Kier molecular flexibility index (Phi) is 6.72. The molecule has 0 saturated heterocycles. The number of hydrogen-bond donors (Lipinski definition) is 0. The van der Waals surface area contributed by atoms with E-state index in [1.54, 1.807) is 0 Å². The molecule has 2 aromatic heterocycles. The minimum Gasteiger partial charge on any atom is -0.456 e. The minimum atomic E-state index is 0.0216. The Morgan fingerprint density at radius 2 is 1.14 bits per heavy atom. The standard InChI is InChI=1S/C46H32N4O/c47-28-29-13-21-39-37(25-29)35-20-18-33(27-40(35)46(39)23-7-2-8-24-46)30-14-16-32(17-15-30)44-48-43(31-9-3-1-4-10-31)49-45(50-44)34-19-22-42-38(26-34)36-11-5-6-12-41(36)51-42/h1,3-6,9-22,25-27H,2,7-8,23-24H2. The van der Waals surface area contributed by atoms with E-state index < -0.39 is 0 Å². The number of nitriles is 1. The van der Waals surface area contributed by atoms with E-state index in [9.17, 15) is 5.26 Å². The summed E-state index contributed by atoms with van der Waals surface area (Å²) in [7, 11) is 0. The van der Waals surface area contributed by atoms with E-state index in [-0.39, 0.29) is 5.41 Å². The summed E-state index contributed by atoms with van der Waals surface area (Å²) in [4.78, 5) is 15.0. The first-order valence-corrected chi connectivity index (χ1v) is 17.7. The van der Waals surface area contributed by atoms with Gasteiger partial charge in [0.25, 0.3) is 0 Å². The molecule has 2 aliphatic carbocycles. The van der Waals surface area contributed by atoms with Crippen molar-refractivity contribution >= 4 is 21.9 Å². The van der Waals surface area contributed by atoms with Gasteiger partial charge in [0.1, 0.15) is 11.2 Å². The van der Waals surface area contributed by atoms with Crippen LogP contribution in [0.4, 0.5) is 0 Å². The van der Waals surface area contributed by atoms with Gasteiger partial charge in [-0.05, 0) is 88.7 Å². The number of fused-ring (bicyclic) bond motifs is 8. The lowest BCUT2D eigenvalue weighted by atomic mass is 9.67. The second-order valence-corrected chi connectivity index (χ2v) is 13.8. The highest BCUT2D eigenvalue weighted by Crippen LogP contribution is 2.56. The van der Waals surface area contributed by atoms with Crippen LogP contribution >= 0.6 is 0 Å². The number of nitrogens with zero attached hydrogens (tertiary/aromatic N) is 4. The zero-order valence-corrected chi connectivity index (χ0v) is 27.9. The second-order valence-electron chi connectivity index (χ2n) is 13.8. The van der Waals surface area contributed by atoms with Crippen LogP contribution in [0.5, 0.6) is 0 Å². The maximum absolute atomic E-state index is 9.66. The first kappa shape index (κ1) is 29.5. The SMILES string of the molecule is N#Cc1ccc2c(c1)-c1ccc(-c3ccc(-c4nc(-c5ccccc5)nc(-c5ccc6oc7ccccc7c6c5)n4)cc3)cc1C21CCCCC1. The Bertz CT molecular complexity index is 2680. The summed E-state index contributed by atoms with van der Waals surface area (Å²) in [5.41, 5.74) is 12.9. The van der Waals surface area contributed by atoms with Crippen molar-refractivity contribution in [3.8, 4) is 62.5 Å². The minimum absolute atomic E-state index is 0.0216. The molecule has 0 N–H and O–H groups in total. The van der Waals surface area contributed by atoms with Crippen LogP contribution in [0.15, 0.2) is 138 Å². The molecule has 0 amide bonds. The fourth-order valence-corrected chi connectivity index (χ4v) is 8.48. The van der Waals surface area contributed by atoms with Gasteiger partial charge in [-0.1, -0.05) is 110 Å². The first-order chi connectivity index (χ1) is 25.2. The van der Waals surface area contributed by atoms with E-state index in [4.69, 9.17) is 19.4 Å². The van der Waals surface area contributed by atoms with Crippen molar-refractivity contribution in [1.82, 2.24) is 15.0 Å². The van der Waals surface area contributed by atoms with Crippen molar-refractivity contribution in [2.75, 3.05) is 0 Å². The van der Waals surface area contributed by atoms with Crippen molar-refractivity contribution in [3.05, 3.63) is 150 Å². The average molecular weight is 657 g/mol. The Labute approximate surface area is 295 Å². The fourth-order valence-electron chi connectivity index (χ4n) is 8.48. The molecule has 2 heterocycles. The highest BCUT2D eigenvalue weighted by atomic mass is 16.3. The molecule has 2 aliphatic rings. The van der Waals surface area contributed by atoms with Crippen LogP contribution in [0.3, 0.4) is 0 Å². The van der Waals surface area contributed by atoms with E-state index in [1.165, 1.54) is 47.1 Å². The smallest absolute Gasteiger partial charge is 0.164 e. The highest BCUT2D eigenvalue weighted by molar-refractivity contribution is 6.06. The third-order valence-electron chi connectivity index (χ3n) is 11.0. The van der Waals surface area contributed by atoms with Crippen LogP contribution in [0, 0.1) is 11.3 Å². The van der Waals surface area contributed by atoms with Gasteiger partial charge in [0.05, 0.1) is 11.6 Å². The summed E-state index contributed by atoms with van der Waals surface area (Å²) in [6.07, 6.45) is 6.03. The van der Waals surface area contributed by atoms with Crippen LogP contribution in [0.1, 0.15) is 48.8 Å². The van der Waals surface area contributed by atoms with Crippen molar-refractivity contribution in [1.29, 1.82) is 5.26 Å². The fraction of sp³-hybridized carbons (Fsp3) is 0.130. The van der Waals surface area contributed by atoms with Gasteiger partial charge in [0.2, 0.25) is 0 Å². The van der Waals surface area contributed by atoms with Crippen LogP contribution in [0.2, 0.25) is 0 Å². The largest absolute Gasteiger partial charge is 0.456 e. The van der Waals surface area contributed by atoms with E-state index in [1.807, 2.05) is 66.7 Å². The van der Waals surface area contributed by atoms with Gasteiger partial charge in [0, 0.05) is 32.9 Å². The van der Waals surface area contributed by atoms with Gasteiger partial charge < -0.3 is 4.42 Å². The molecule has 0 unspecified atom stereocenters. The summed E-state index contributed by atoms with van der Waals surface area (Å²) in [5.74, 6) is 1.87. The quantitative estimate of drug-likeness (QED) is 0.188. The van der Waals surface area contributed by atoms with E-state index in [2.05, 4.69) is 72.8 Å². The Hall–Kier alpha value is -6.38. The van der Waals surface area contributed by atoms with E-state index >= 15 is 0 Å². The van der Waals surface area contributed by atoms with Crippen LogP contribution < -0.4 is 0 Å². The average Bonchev–Trinajstić information content (AvgIpc) is 3.70. The van der Waals surface area contributed by atoms with Gasteiger partial charge in [0.15, 0.2) is 17.5 Å². The number of rotatable bonds is 4. The van der Waals surface area contributed by atoms with Crippen LogP contribution in [0.25, 0.3) is 78.4 Å². The molecule has 1 fully saturated rings. The summed E-state index contributed by atoms with van der Waals surface area (Å²) < 4.78 is 6.10. The zero-order valence-electron chi connectivity index (χ0n) is 27.9. The molecule has 0 radical (unpaired) electrons. The maximum Gasteiger partial charge on any atom is 0.164 e. The molecule has 51 heavy (non-hydrogen) atoms. The Morgan fingerprint density at radius 3 is 1.92 bits per heavy atom. The lowest BCUT2D eigenvalue weighted by molar-refractivity contribution is 0.353. The number of furan rings is 1. The monoisotopic (exact) mass is 656 g/mol. The van der Waals surface area contributed by atoms with Gasteiger partial charge >= 0.3 is 0 Å². The molecule has 8 aromatic rings. The van der Waals surface area contributed by atoms with Crippen molar-refractivity contribution in [3.63, 3.8) is 0 Å². The molecule has 1 saturated carbocycles. The summed E-state index contributed by atoms with van der Waals surface area (Å²) >= 11 is 0. The lowest BCUT2D eigenvalue weighted by Gasteiger charge is -2.36. The molecular formula is C46H32N4O. The first-order valence-electron chi connectivity index (χ1n) is 17.7. The van der Waals surface area contributed by atoms with E-state index in [0.29, 0.717) is 17.5 Å². The molecular weight excluding hydrogens is 625 g/mol. The third kappa shape index (κ3) is 4.79. The second kappa shape index (κ2) is 11.6.